The maximum absolute atomic E-state index is 13.1. The summed E-state index contributed by atoms with van der Waals surface area (Å²) >= 11 is 2.88. The van der Waals surface area contributed by atoms with E-state index < -0.39 is 74.2 Å². The van der Waals surface area contributed by atoms with Crippen LogP contribution in [0.5, 0.6) is 11.5 Å². The van der Waals surface area contributed by atoms with Crippen LogP contribution in [0.15, 0.2) is 47.6 Å². The van der Waals surface area contributed by atoms with Gasteiger partial charge in [0, 0.05) is 25.1 Å². The molecule has 214 valence electrons. The fourth-order valence-electron chi connectivity index (χ4n) is 4.16. The molecule has 2 aromatic rings. The van der Waals surface area contributed by atoms with Crippen molar-refractivity contribution in [2.45, 2.75) is 49.6 Å². The zero-order valence-electron chi connectivity index (χ0n) is 21.2. The monoisotopic (exact) mass is 593 g/mol. The Morgan fingerprint density at radius 3 is 2.45 bits per heavy atom. The Kier molecular flexibility index (Phi) is 9.50. The average molecular weight is 594 g/mol. The first-order valence-electron chi connectivity index (χ1n) is 11.8. The number of benzene rings is 2. The van der Waals surface area contributed by atoms with Gasteiger partial charge in [-0.15, -0.1) is 0 Å². The Hall–Kier alpha value is -4.01. The number of hydrazone groups is 1. The van der Waals surface area contributed by atoms with Gasteiger partial charge in [-0.3, -0.25) is 18.6 Å². The third-order valence-electron chi connectivity index (χ3n) is 6.39. The highest BCUT2D eigenvalue weighted by Crippen LogP contribution is 2.35. The van der Waals surface area contributed by atoms with Gasteiger partial charge in [-0.25, -0.2) is 10.2 Å². The standard InChI is InChI=1S/C25H27ClN4O9S/c1-13-10-18(32)30(13)21(24(36)37)25(2,40(38)39)12-27-29-23(35)16(11-14-6-4-3-5-7-14)28-22(34)15-8-9-17(31)20(33)19(15)26/h3-9,12-13,16,21,31,33H,10-11H2,1-2H3,(H,28,34)(H,29,35)(H,36,37)(H,38,39)/p-1/b27-12+/t13-,16+,21+,25+/m1/s1. The quantitative estimate of drug-likeness (QED) is 0.0822. The predicted octanol–water partition coefficient (Wildman–Crippen LogP) is 0.906. The summed E-state index contributed by atoms with van der Waals surface area (Å²) in [4.78, 5) is 51.0. The van der Waals surface area contributed by atoms with E-state index in [-0.39, 0.29) is 18.4 Å². The minimum Gasteiger partial charge on any atom is -0.772 e. The molecular weight excluding hydrogens is 568 g/mol. The Morgan fingerprint density at radius 2 is 1.90 bits per heavy atom. The first kappa shape index (κ1) is 30.5. The predicted molar refractivity (Wildman–Crippen MR) is 142 cm³/mol. The number of aliphatic carboxylic acids is 1. The van der Waals surface area contributed by atoms with Crippen LogP contribution < -0.4 is 10.7 Å². The molecule has 1 heterocycles. The zero-order valence-corrected chi connectivity index (χ0v) is 22.8. The van der Waals surface area contributed by atoms with Crippen molar-refractivity contribution >= 4 is 52.6 Å². The van der Waals surface area contributed by atoms with Crippen LogP contribution in [0.25, 0.3) is 0 Å². The number of carboxylic acids is 1. The van der Waals surface area contributed by atoms with E-state index in [2.05, 4.69) is 15.8 Å². The van der Waals surface area contributed by atoms with Crippen molar-refractivity contribution in [2.75, 3.05) is 0 Å². The lowest BCUT2D eigenvalue weighted by Crippen LogP contribution is -2.67. The number of β-lactam (4-membered cyclic amide) rings is 1. The Morgan fingerprint density at radius 1 is 1.25 bits per heavy atom. The van der Waals surface area contributed by atoms with Gasteiger partial charge in [0.25, 0.3) is 11.8 Å². The lowest BCUT2D eigenvalue weighted by molar-refractivity contribution is -0.161. The second-order valence-corrected chi connectivity index (χ2v) is 11.0. The smallest absolute Gasteiger partial charge is 0.328 e. The lowest BCUT2D eigenvalue weighted by Gasteiger charge is -2.48. The van der Waals surface area contributed by atoms with E-state index in [1.54, 1.807) is 37.3 Å². The summed E-state index contributed by atoms with van der Waals surface area (Å²) in [7, 11) is 0. The van der Waals surface area contributed by atoms with Crippen LogP contribution in [0.4, 0.5) is 0 Å². The largest absolute Gasteiger partial charge is 0.772 e. The van der Waals surface area contributed by atoms with Crippen LogP contribution in [0.2, 0.25) is 5.02 Å². The molecule has 1 saturated heterocycles. The van der Waals surface area contributed by atoms with Gasteiger partial charge in [-0.1, -0.05) is 41.9 Å². The molecule has 0 saturated carbocycles. The number of phenolic OH excluding ortho intramolecular Hbond substituents is 2. The van der Waals surface area contributed by atoms with Crippen molar-refractivity contribution in [3.63, 3.8) is 0 Å². The molecule has 0 aliphatic carbocycles. The van der Waals surface area contributed by atoms with Crippen molar-refractivity contribution in [1.29, 1.82) is 0 Å². The number of nitrogens with one attached hydrogen (secondary N) is 2. The van der Waals surface area contributed by atoms with E-state index in [1.165, 1.54) is 0 Å². The van der Waals surface area contributed by atoms with Gasteiger partial charge in [0.15, 0.2) is 17.5 Å². The summed E-state index contributed by atoms with van der Waals surface area (Å²) in [6.07, 6.45) is 0.724. The molecule has 3 amide bonds. The number of hydrogen-bond acceptors (Lipinski definition) is 9. The van der Waals surface area contributed by atoms with Gasteiger partial charge in [0.05, 0.1) is 15.3 Å². The van der Waals surface area contributed by atoms with Gasteiger partial charge in [0.1, 0.15) is 6.04 Å². The van der Waals surface area contributed by atoms with Gasteiger partial charge in [-0.2, -0.15) is 5.10 Å². The Labute approximate surface area is 236 Å². The van der Waals surface area contributed by atoms with Gasteiger partial charge in [-0.05, 0) is 42.6 Å². The molecule has 0 aromatic heterocycles. The number of halogens is 1. The van der Waals surface area contributed by atoms with E-state index in [1.807, 2.05) is 0 Å². The highest BCUT2D eigenvalue weighted by atomic mass is 35.5. The number of amides is 3. The third-order valence-corrected chi connectivity index (χ3v) is 7.82. The van der Waals surface area contributed by atoms with Crippen LogP contribution in [0, 0.1) is 0 Å². The average Bonchev–Trinajstić information content (AvgIpc) is 2.90. The Bertz CT molecular complexity index is 1370. The molecule has 0 spiro atoms. The van der Waals surface area contributed by atoms with Crippen LogP contribution in [0.1, 0.15) is 36.2 Å². The van der Waals surface area contributed by atoms with Crippen molar-refractivity contribution in [3.05, 3.63) is 58.6 Å². The number of aromatic hydroxyl groups is 2. The van der Waals surface area contributed by atoms with Crippen LogP contribution >= 0.6 is 11.6 Å². The molecule has 1 fully saturated rings. The number of rotatable bonds is 11. The number of nitrogens with zero attached hydrogens (tertiary/aromatic N) is 2. The molecular formula is C25H26ClN4O9S-. The summed E-state index contributed by atoms with van der Waals surface area (Å²) < 4.78 is 22.1. The molecule has 0 radical (unpaired) electrons. The molecule has 3 rings (SSSR count). The van der Waals surface area contributed by atoms with E-state index in [0.717, 1.165) is 24.0 Å². The fraction of sp³-hybridized carbons (Fsp3) is 0.320. The van der Waals surface area contributed by atoms with Crippen molar-refractivity contribution in [3.8, 4) is 11.5 Å². The number of phenols is 2. The first-order chi connectivity index (χ1) is 18.8. The maximum Gasteiger partial charge on any atom is 0.328 e. The van der Waals surface area contributed by atoms with Crippen LogP contribution in [-0.2, 0) is 31.9 Å². The van der Waals surface area contributed by atoms with E-state index in [9.17, 15) is 43.3 Å². The van der Waals surface area contributed by atoms with Gasteiger partial charge >= 0.3 is 5.97 Å². The molecule has 40 heavy (non-hydrogen) atoms. The zero-order chi connectivity index (χ0) is 29.8. The van der Waals surface area contributed by atoms with E-state index >= 15 is 0 Å². The second kappa shape index (κ2) is 12.4. The molecule has 0 bridgehead atoms. The van der Waals surface area contributed by atoms with Crippen molar-refractivity contribution in [2.24, 2.45) is 5.10 Å². The Balaban J connectivity index is 1.86. The summed E-state index contributed by atoms with van der Waals surface area (Å²) in [6.45, 7) is 2.62. The maximum atomic E-state index is 13.1. The summed E-state index contributed by atoms with van der Waals surface area (Å²) in [6, 6.07) is 7.09. The molecule has 5 atom stereocenters. The minimum atomic E-state index is -3.09. The SMILES string of the molecule is C[C@@H]1CC(=O)N1[C@@H](C(=O)O)[C@](C)(/C=N/NC(=O)[C@H](Cc1ccccc1)NC(=O)c1ccc(O)c(O)c1Cl)S(=O)[O-]. The molecule has 1 aliphatic heterocycles. The van der Waals surface area contributed by atoms with Crippen LogP contribution in [0.3, 0.4) is 0 Å². The fourth-order valence-corrected chi connectivity index (χ4v) is 4.94. The molecule has 13 nitrogen and oxygen atoms in total. The molecule has 15 heteroatoms. The number of likely N-dealkylation sites (tertiary alicyclic amines) is 1. The number of carbonyl (C=O) groups is 4. The first-order valence-corrected chi connectivity index (χ1v) is 13.3. The normalized spacial score (nSPS) is 18.8. The topological polar surface area (TPSA) is 209 Å². The highest BCUT2D eigenvalue weighted by Gasteiger charge is 2.51. The molecule has 1 aliphatic rings. The van der Waals surface area contributed by atoms with Crippen molar-refractivity contribution in [1.82, 2.24) is 15.6 Å². The summed E-state index contributed by atoms with van der Waals surface area (Å²) in [5.74, 6) is -5.17. The number of carboxylic acid groups (broad SMARTS) is 1. The van der Waals surface area contributed by atoms with Crippen molar-refractivity contribution < 1.29 is 43.3 Å². The van der Waals surface area contributed by atoms with E-state index in [0.29, 0.717) is 11.8 Å². The van der Waals surface area contributed by atoms with Gasteiger partial charge in [0.2, 0.25) is 5.91 Å². The number of hydrogen-bond donors (Lipinski definition) is 5. The minimum absolute atomic E-state index is 0.0437. The second-order valence-electron chi connectivity index (χ2n) is 9.26. The molecule has 1 unspecified atom stereocenters. The molecule has 2 aromatic carbocycles. The summed E-state index contributed by atoms with van der Waals surface area (Å²) in [5.41, 5.74) is 2.52. The molecule has 5 N–H and O–H groups in total. The number of carbonyl (C=O) groups excluding carboxylic acids is 3. The lowest BCUT2D eigenvalue weighted by atomic mass is 9.92. The van der Waals surface area contributed by atoms with Crippen LogP contribution in [-0.4, -0.2) is 81.8 Å². The van der Waals surface area contributed by atoms with E-state index in [4.69, 9.17) is 11.6 Å². The highest BCUT2D eigenvalue weighted by molar-refractivity contribution is 7.81. The summed E-state index contributed by atoms with van der Waals surface area (Å²) in [5, 5.41) is 34.9. The van der Waals surface area contributed by atoms with Gasteiger partial charge < -0.3 is 30.1 Å². The third kappa shape index (κ3) is 6.41.